The molecule has 0 spiro atoms. The van der Waals surface area contributed by atoms with Crippen molar-refractivity contribution in [2.75, 3.05) is 18.5 Å². The average Bonchev–Trinajstić information content (AvgIpc) is 3.04. The van der Waals surface area contributed by atoms with Gasteiger partial charge in [-0.1, -0.05) is 54.6 Å². The minimum absolute atomic E-state index is 0.342. The van der Waals surface area contributed by atoms with Crippen LogP contribution in [0.3, 0.4) is 0 Å². The Labute approximate surface area is 182 Å². The standard InChI is InChI=1S/C25H27N3O3/c26-25(28-22-11-12-23-24(15-22)31-14-6-13-30-23)27-16-20-9-4-5-10-21(20)18-29-17-19-7-2-1-3-8-19/h1-5,7-12,15H,6,13-14,16-18H2,(H3,26,27,28). The molecular formula is C25H27N3O3. The molecule has 0 bridgehead atoms. The van der Waals surface area contributed by atoms with E-state index in [0.29, 0.717) is 38.9 Å². The molecule has 0 unspecified atom stereocenters. The number of hydrogen-bond acceptors (Lipinski definition) is 4. The van der Waals surface area contributed by atoms with Gasteiger partial charge >= 0.3 is 0 Å². The van der Waals surface area contributed by atoms with Gasteiger partial charge in [-0.2, -0.15) is 0 Å². The predicted molar refractivity (Wildman–Crippen MR) is 122 cm³/mol. The van der Waals surface area contributed by atoms with E-state index in [4.69, 9.17) is 19.9 Å². The van der Waals surface area contributed by atoms with E-state index in [-0.39, 0.29) is 0 Å². The average molecular weight is 418 g/mol. The SMILES string of the molecule is NC(=NCc1ccccc1COCc1ccccc1)Nc1ccc2c(c1)OCCCO2. The molecule has 0 saturated heterocycles. The van der Waals surface area contributed by atoms with Crippen LogP contribution in [0.15, 0.2) is 77.8 Å². The molecule has 0 aliphatic carbocycles. The molecule has 160 valence electrons. The molecule has 0 aromatic heterocycles. The molecule has 1 aliphatic heterocycles. The van der Waals surface area contributed by atoms with Crippen molar-refractivity contribution in [1.29, 1.82) is 0 Å². The highest BCUT2D eigenvalue weighted by Gasteiger charge is 2.11. The van der Waals surface area contributed by atoms with Crippen molar-refractivity contribution in [3.05, 3.63) is 89.5 Å². The second kappa shape index (κ2) is 10.5. The molecule has 0 fully saturated rings. The summed E-state index contributed by atoms with van der Waals surface area (Å²) in [5.74, 6) is 1.81. The quantitative estimate of drug-likeness (QED) is 0.437. The molecule has 6 nitrogen and oxygen atoms in total. The zero-order valence-corrected chi connectivity index (χ0v) is 17.4. The van der Waals surface area contributed by atoms with Crippen molar-refractivity contribution in [2.45, 2.75) is 26.2 Å². The molecule has 0 saturated carbocycles. The van der Waals surface area contributed by atoms with Crippen LogP contribution in [0.2, 0.25) is 0 Å². The van der Waals surface area contributed by atoms with Crippen LogP contribution in [0.5, 0.6) is 11.5 Å². The lowest BCUT2D eigenvalue weighted by molar-refractivity contribution is 0.106. The minimum atomic E-state index is 0.342. The van der Waals surface area contributed by atoms with Crippen molar-refractivity contribution >= 4 is 11.6 Å². The first-order valence-corrected chi connectivity index (χ1v) is 10.4. The lowest BCUT2D eigenvalue weighted by Gasteiger charge is -2.11. The molecule has 3 N–H and O–H groups in total. The molecule has 3 aromatic rings. The van der Waals surface area contributed by atoms with Gasteiger partial charge in [0.2, 0.25) is 0 Å². The largest absolute Gasteiger partial charge is 0.490 e. The number of nitrogens with one attached hydrogen (secondary N) is 1. The Morgan fingerprint density at radius 2 is 1.61 bits per heavy atom. The highest BCUT2D eigenvalue weighted by molar-refractivity contribution is 5.92. The summed E-state index contributed by atoms with van der Waals surface area (Å²) in [6, 6.07) is 23.9. The third kappa shape index (κ3) is 5.99. The summed E-state index contributed by atoms with van der Waals surface area (Å²) in [6.07, 6.45) is 0.871. The number of fused-ring (bicyclic) bond motifs is 1. The molecule has 0 radical (unpaired) electrons. The maximum absolute atomic E-state index is 6.12. The number of ether oxygens (including phenoxy) is 3. The summed E-state index contributed by atoms with van der Waals surface area (Å²) in [4.78, 5) is 4.50. The van der Waals surface area contributed by atoms with Crippen LogP contribution in [0, 0.1) is 0 Å². The van der Waals surface area contributed by atoms with Gasteiger partial charge in [-0.15, -0.1) is 0 Å². The van der Waals surface area contributed by atoms with Gasteiger partial charge in [-0.25, -0.2) is 4.99 Å². The van der Waals surface area contributed by atoms with Crippen LogP contribution >= 0.6 is 0 Å². The van der Waals surface area contributed by atoms with Crippen molar-refractivity contribution in [3.8, 4) is 11.5 Å². The van der Waals surface area contributed by atoms with Crippen LogP contribution in [-0.4, -0.2) is 19.2 Å². The van der Waals surface area contributed by atoms with Gasteiger partial charge in [0.1, 0.15) is 0 Å². The van der Waals surface area contributed by atoms with Crippen molar-refractivity contribution < 1.29 is 14.2 Å². The number of rotatable bonds is 7. The molecular weight excluding hydrogens is 390 g/mol. The first-order chi connectivity index (χ1) is 15.3. The second-order valence-corrected chi connectivity index (χ2v) is 7.29. The number of anilines is 1. The van der Waals surface area contributed by atoms with E-state index >= 15 is 0 Å². The molecule has 31 heavy (non-hydrogen) atoms. The van der Waals surface area contributed by atoms with Gasteiger partial charge < -0.3 is 25.3 Å². The summed E-state index contributed by atoms with van der Waals surface area (Å²) in [5.41, 5.74) is 10.3. The summed E-state index contributed by atoms with van der Waals surface area (Å²) in [7, 11) is 0. The van der Waals surface area contributed by atoms with Gasteiger partial charge in [-0.05, 0) is 28.8 Å². The van der Waals surface area contributed by atoms with Crippen LogP contribution in [0.4, 0.5) is 5.69 Å². The maximum Gasteiger partial charge on any atom is 0.193 e. The zero-order chi connectivity index (χ0) is 21.3. The molecule has 0 amide bonds. The van der Waals surface area contributed by atoms with E-state index in [9.17, 15) is 0 Å². The highest BCUT2D eigenvalue weighted by Crippen LogP contribution is 2.32. The summed E-state index contributed by atoms with van der Waals surface area (Å²) >= 11 is 0. The van der Waals surface area contributed by atoms with Crippen molar-refractivity contribution in [1.82, 2.24) is 0 Å². The van der Waals surface area contributed by atoms with E-state index < -0.39 is 0 Å². The fourth-order valence-electron chi connectivity index (χ4n) is 3.30. The van der Waals surface area contributed by atoms with Crippen LogP contribution in [0.25, 0.3) is 0 Å². The van der Waals surface area contributed by atoms with E-state index in [2.05, 4.69) is 28.5 Å². The first-order valence-electron chi connectivity index (χ1n) is 10.4. The summed E-state index contributed by atoms with van der Waals surface area (Å²) in [5, 5.41) is 3.13. The van der Waals surface area contributed by atoms with Gasteiger partial charge in [0.05, 0.1) is 33.0 Å². The van der Waals surface area contributed by atoms with Gasteiger partial charge in [-0.3, -0.25) is 0 Å². The second-order valence-electron chi connectivity index (χ2n) is 7.29. The number of aliphatic imine (C=N–C) groups is 1. The fraction of sp³-hybridized carbons (Fsp3) is 0.240. The minimum Gasteiger partial charge on any atom is -0.490 e. The number of benzene rings is 3. The summed E-state index contributed by atoms with van der Waals surface area (Å²) < 4.78 is 17.3. The topological polar surface area (TPSA) is 78.1 Å². The molecule has 0 atom stereocenters. The monoisotopic (exact) mass is 417 g/mol. The third-order valence-electron chi connectivity index (χ3n) is 4.93. The highest BCUT2D eigenvalue weighted by atomic mass is 16.5. The van der Waals surface area contributed by atoms with Crippen LogP contribution < -0.4 is 20.5 Å². The number of guanidine groups is 1. The third-order valence-corrected chi connectivity index (χ3v) is 4.93. The van der Waals surface area contributed by atoms with E-state index in [1.165, 1.54) is 0 Å². The van der Waals surface area contributed by atoms with E-state index in [1.54, 1.807) is 0 Å². The van der Waals surface area contributed by atoms with E-state index in [0.717, 1.165) is 40.3 Å². The number of nitrogens with zero attached hydrogens (tertiary/aromatic N) is 1. The van der Waals surface area contributed by atoms with Crippen molar-refractivity contribution in [2.24, 2.45) is 10.7 Å². The first kappa shape index (κ1) is 20.8. The molecule has 1 heterocycles. The fourth-order valence-corrected chi connectivity index (χ4v) is 3.30. The normalized spacial score (nSPS) is 13.5. The van der Waals surface area contributed by atoms with Gasteiger partial charge in [0.25, 0.3) is 0 Å². The van der Waals surface area contributed by atoms with Crippen LogP contribution in [0.1, 0.15) is 23.1 Å². The Balaban J connectivity index is 1.35. The Morgan fingerprint density at radius 3 is 2.45 bits per heavy atom. The Morgan fingerprint density at radius 1 is 0.871 bits per heavy atom. The Bertz CT molecular complexity index is 1020. The van der Waals surface area contributed by atoms with Gasteiger partial charge in [0, 0.05) is 18.2 Å². The van der Waals surface area contributed by atoms with E-state index in [1.807, 2.05) is 54.6 Å². The molecule has 1 aliphatic rings. The smallest absolute Gasteiger partial charge is 0.193 e. The summed E-state index contributed by atoms with van der Waals surface area (Å²) in [6.45, 7) is 2.87. The van der Waals surface area contributed by atoms with Crippen molar-refractivity contribution in [3.63, 3.8) is 0 Å². The molecule has 3 aromatic carbocycles. The lowest BCUT2D eigenvalue weighted by atomic mass is 10.1. The number of hydrogen-bond donors (Lipinski definition) is 2. The van der Waals surface area contributed by atoms with Gasteiger partial charge in [0.15, 0.2) is 17.5 Å². The molecule has 6 heteroatoms. The Hall–Kier alpha value is -3.51. The predicted octanol–water partition coefficient (Wildman–Crippen LogP) is 4.49. The maximum atomic E-state index is 6.12. The number of nitrogens with two attached hydrogens (primary N) is 1. The lowest BCUT2D eigenvalue weighted by Crippen LogP contribution is -2.22. The zero-order valence-electron chi connectivity index (χ0n) is 17.4. The Kier molecular flexibility index (Phi) is 7.03. The molecule has 4 rings (SSSR count). The van der Waals surface area contributed by atoms with Crippen LogP contribution in [-0.2, 0) is 24.5 Å².